The summed E-state index contributed by atoms with van der Waals surface area (Å²) in [6.07, 6.45) is 2.56. The molecule has 8 nitrogen and oxygen atoms in total. The summed E-state index contributed by atoms with van der Waals surface area (Å²) in [5, 5.41) is 0. The minimum Gasteiger partial charge on any atom is -0.381 e. The van der Waals surface area contributed by atoms with E-state index in [4.69, 9.17) is 4.74 Å². The first kappa shape index (κ1) is 30.3. The largest absolute Gasteiger partial charge is 0.381 e. The van der Waals surface area contributed by atoms with Gasteiger partial charge in [-0.25, -0.2) is 18.6 Å². The third-order valence-corrected chi connectivity index (χ3v) is 7.46. The smallest absolute Gasteiger partial charge is 0.348 e. The standard InChI is InChI=1S/C25H26F2N6O.C4H8O.C2H6/c1-15-14-32(22(17-4-8-19(26)9-5-17)18-6-10-20(27)11-7-18)12-13-33(15)24-21-23(29-25(34)30-24)31(3)16(2)28-21;1-2-4-5-3-1;1-2/h4-11,15,22H,12-14H2,1-3H3,(H,29,30,34);1-4H2;1-2H3. The number of ether oxygens (including phenoxy) is 1. The van der Waals surface area contributed by atoms with Crippen LogP contribution in [0.15, 0.2) is 53.3 Å². The zero-order valence-electron chi connectivity index (χ0n) is 24.5. The van der Waals surface area contributed by atoms with Crippen molar-refractivity contribution in [2.24, 2.45) is 7.05 Å². The molecule has 10 heteroatoms. The van der Waals surface area contributed by atoms with Crippen LogP contribution in [0.1, 0.15) is 56.6 Å². The van der Waals surface area contributed by atoms with Crippen LogP contribution in [-0.2, 0) is 11.8 Å². The van der Waals surface area contributed by atoms with E-state index in [1.165, 1.54) is 37.1 Å². The highest BCUT2D eigenvalue weighted by Crippen LogP contribution is 2.33. The number of nitrogens with one attached hydrogen (secondary N) is 1. The average Bonchev–Trinajstić information content (AvgIpc) is 3.65. The van der Waals surface area contributed by atoms with Gasteiger partial charge in [0, 0.05) is 45.9 Å². The van der Waals surface area contributed by atoms with Gasteiger partial charge in [-0.1, -0.05) is 38.1 Å². The van der Waals surface area contributed by atoms with Gasteiger partial charge in [0.25, 0.3) is 0 Å². The van der Waals surface area contributed by atoms with Gasteiger partial charge in [-0.2, -0.15) is 4.98 Å². The Labute approximate surface area is 240 Å². The predicted octanol–water partition coefficient (Wildman–Crippen LogP) is 5.37. The van der Waals surface area contributed by atoms with Crippen LogP contribution >= 0.6 is 0 Å². The van der Waals surface area contributed by atoms with Crippen molar-refractivity contribution in [2.45, 2.75) is 52.6 Å². The maximum absolute atomic E-state index is 13.6. The molecule has 2 fully saturated rings. The van der Waals surface area contributed by atoms with Crippen LogP contribution in [-0.4, -0.2) is 63.3 Å². The second-order valence-corrected chi connectivity index (χ2v) is 10.1. The Hall–Kier alpha value is -3.63. The van der Waals surface area contributed by atoms with Gasteiger partial charge in [0.05, 0.1) is 6.04 Å². The molecule has 41 heavy (non-hydrogen) atoms. The molecule has 0 saturated carbocycles. The fourth-order valence-corrected chi connectivity index (χ4v) is 5.34. The molecule has 0 amide bonds. The zero-order chi connectivity index (χ0) is 29.5. The molecular formula is C31H40F2N6O2. The van der Waals surface area contributed by atoms with Crippen molar-refractivity contribution in [3.8, 4) is 0 Å². The molecule has 4 aromatic rings. The van der Waals surface area contributed by atoms with E-state index in [-0.39, 0.29) is 23.7 Å². The molecule has 2 aromatic heterocycles. The maximum Gasteiger partial charge on any atom is 0.348 e. The minimum atomic E-state index is -0.407. The summed E-state index contributed by atoms with van der Waals surface area (Å²) in [5.41, 5.74) is 2.79. The van der Waals surface area contributed by atoms with Gasteiger partial charge < -0.3 is 14.2 Å². The van der Waals surface area contributed by atoms with Crippen molar-refractivity contribution in [3.05, 3.63) is 87.6 Å². The van der Waals surface area contributed by atoms with Crippen LogP contribution in [0.2, 0.25) is 0 Å². The van der Waals surface area contributed by atoms with E-state index >= 15 is 0 Å². The number of hydrogen-bond donors (Lipinski definition) is 1. The number of halogens is 2. The van der Waals surface area contributed by atoms with Crippen LogP contribution in [0.25, 0.3) is 11.2 Å². The van der Waals surface area contributed by atoms with Crippen molar-refractivity contribution >= 4 is 17.0 Å². The molecule has 2 saturated heterocycles. The Bertz CT molecular complexity index is 1410. The molecule has 4 heterocycles. The summed E-state index contributed by atoms with van der Waals surface area (Å²) < 4.78 is 34.0. The molecule has 1 atom stereocenters. The lowest BCUT2D eigenvalue weighted by Crippen LogP contribution is -2.53. The molecule has 1 N–H and O–H groups in total. The van der Waals surface area contributed by atoms with Crippen molar-refractivity contribution < 1.29 is 13.5 Å². The second-order valence-electron chi connectivity index (χ2n) is 10.1. The van der Waals surface area contributed by atoms with Gasteiger partial charge in [0.1, 0.15) is 28.6 Å². The number of nitrogens with zero attached hydrogens (tertiary/aromatic N) is 5. The summed E-state index contributed by atoms with van der Waals surface area (Å²) >= 11 is 0. The lowest BCUT2D eigenvalue weighted by molar-refractivity contribution is 0.187. The number of aromatic nitrogens is 4. The molecule has 0 radical (unpaired) electrons. The fraction of sp³-hybridized carbons (Fsp3) is 0.452. The quantitative estimate of drug-likeness (QED) is 0.358. The summed E-state index contributed by atoms with van der Waals surface area (Å²) in [6, 6.07) is 12.8. The first-order valence-electron chi connectivity index (χ1n) is 14.3. The van der Waals surface area contributed by atoms with Crippen LogP contribution in [0.5, 0.6) is 0 Å². The first-order chi connectivity index (χ1) is 19.8. The maximum atomic E-state index is 13.6. The molecule has 0 bridgehead atoms. The number of rotatable bonds is 4. The number of aromatic amines is 1. The molecule has 2 aromatic carbocycles. The Morgan fingerprint density at radius 2 is 1.49 bits per heavy atom. The molecule has 0 spiro atoms. The van der Waals surface area contributed by atoms with Crippen molar-refractivity contribution in [3.63, 3.8) is 0 Å². The number of benzene rings is 2. The minimum absolute atomic E-state index is 0.0250. The van der Waals surface area contributed by atoms with Crippen molar-refractivity contribution in [1.29, 1.82) is 0 Å². The number of fused-ring (bicyclic) bond motifs is 1. The summed E-state index contributed by atoms with van der Waals surface area (Å²) in [7, 11) is 1.86. The van der Waals surface area contributed by atoms with Gasteiger partial charge in [0.15, 0.2) is 5.82 Å². The number of anilines is 1. The van der Waals surface area contributed by atoms with Crippen LogP contribution < -0.4 is 10.6 Å². The van der Waals surface area contributed by atoms with Crippen LogP contribution in [0.3, 0.4) is 0 Å². The van der Waals surface area contributed by atoms with E-state index in [0.717, 1.165) is 30.2 Å². The van der Waals surface area contributed by atoms with Crippen LogP contribution in [0, 0.1) is 18.6 Å². The van der Waals surface area contributed by atoms with Gasteiger partial charge in [-0.15, -0.1) is 0 Å². The van der Waals surface area contributed by atoms with Gasteiger partial charge >= 0.3 is 5.69 Å². The molecule has 2 aliphatic heterocycles. The van der Waals surface area contributed by atoms with E-state index in [1.54, 1.807) is 24.3 Å². The average molecular weight is 567 g/mol. The topological polar surface area (TPSA) is 79.3 Å². The fourth-order valence-electron chi connectivity index (χ4n) is 5.34. The normalized spacial score (nSPS) is 17.3. The van der Waals surface area contributed by atoms with E-state index in [9.17, 15) is 13.6 Å². The molecular weight excluding hydrogens is 526 g/mol. The van der Waals surface area contributed by atoms with Gasteiger partial charge in [0.2, 0.25) is 0 Å². The SMILES string of the molecule is C1CCOC1.CC.Cc1nc2c(N3CCN(C(c4ccc(F)cc4)c4ccc(F)cc4)CC3C)nc(=O)[nH]c2n1C. The molecule has 2 aliphatic rings. The zero-order valence-corrected chi connectivity index (χ0v) is 24.5. The lowest BCUT2D eigenvalue weighted by atomic mass is 9.95. The van der Waals surface area contributed by atoms with Crippen molar-refractivity contribution in [2.75, 3.05) is 37.7 Å². The van der Waals surface area contributed by atoms with Gasteiger partial charge in [-0.3, -0.25) is 9.88 Å². The summed E-state index contributed by atoms with van der Waals surface area (Å²) in [6.45, 7) is 11.9. The Kier molecular flexibility index (Phi) is 10.2. The summed E-state index contributed by atoms with van der Waals surface area (Å²) in [5.74, 6) is 0.776. The number of imidazole rings is 1. The van der Waals surface area contributed by atoms with E-state index in [0.29, 0.717) is 36.6 Å². The Balaban J connectivity index is 0.000000492. The monoisotopic (exact) mass is 566 g/mol. The van der Waals surface area contributed by atoms with E-state index in [2.05, 4.69) is 31.7 Å². The highest BCUT2D eigenvalue weighted by Gasteiger charge is 2.32. The Morgan fingerprint density at radius 3 is 1.98 bits per heavy atom. The lowest BCUT2D eigenvalue weighted by Gasteiger charge is -2.44. The van der Waals surface area contributed by atoms with E-state index < -0.39 is 5.69 Å². The van der Waals surface area contributed by atoms with Crippen LogP contribution in [0.4, 0.5) is 14.6 Å². The van der Waals surface area contributed by atoms with E-state index in [1.807, 2.05) is 32.4 Å². The molecule has 1 unspecified atom stereocenters. The molecule has 220 valence electrons. The van der Waals surface area contributed by atoms with Gasteiger partial charge in [-0.05, 0) is 62.1 Å². The number of H-pyrrole nitrogens is 1. The molecule has 6 rings (SSSR count). The third kappa shape index (κ3) is 7.00. The third-order valence-electron chi connectivity index (χ3n) is 7.46. The van der Waals surface area contributed by atoms with Crippen molar-refractivity contribution in [1.82, 2.24) is 24.4 Å². The highest BCUT2D eigenvalue weighted by atomic mass is 19.1. The number of piperazine rings is 1. The first-order valence-corrected chi connectivity index (χ1v) is 14.3. The molecule has 0 aliphatic carbocycles. The summed E-state index contributed by atoms with van der Waals surface area (Å²) in [4.78, 5) is 28.4. The number of aryl methyl sites for hydroxylation is 2. The highest BCUT2D eigenvalue weighted by molar-refractivity contribution is 5.84. The second kappa shape index (κ2) is 13.8. The Morgan fingerprint density at radius 1 is 0.927 bits per heavy atom. The number of hydrogen-bond acceptors (Lipinski definition) is 6. The predicted molar refractivity (Wildman–Crippen MR) is 158 cm³/mol.